The lowest BCUT2D eigenvalue weighted by Gasteiger charge is -2.23. The van der Waals surface area contributed by atoms with Crippen LogP contribution in [-0.2, 0) is 9.59 Å². The lowest BCUT2D eigenvalue weighted by molar-refractivity contribution is -0.131. The third-order valence-electron chi connectivity index (χ3n) is 4.58. The monoisotopic (exact) mass is 379 g/mol. The summed E-state index contributed by atoms with van der Waals surface area (Å²) >= 11 is 1.34. The number of thiophene rings is 1. The van der Waals surface area contributed by atoms with Crippen molar-refractivity contribution in [2.45, 2.75) is 52.0 Å². The summed E-state index contributed by atoms with van der Waals surface area (Å²) in [4.78, 5) is 39.4. The van der Waals surface area contributed by atoms with Crippen molar-refractivity contribution in [3.63, 3.8) is 0 Å². The number of hydrogen-bond acceptors (Lipinski definition) is 4. The van der Waals surface area contributed by atoms with E-state index in [1.165, 1.54) is 24.2 Å². The topological polar surface area (TPSA) is 78.5 Å². The van der Waals surface area contributed by atoms with Gasteiger partial charge in [0.25, 0.3) is 5.91 Å². The van der Waals surface area contributed by atoms with E-state index in [2.05, 4.69) is 10.6 Å². The first-order valence-electron chi connectivity index (χ1n) is 9.39. The van der Waals surface area contributed by atoms with Gasteiger partial charge in [-0.2, -0.15) is 0 Å². The van der Waals surface area contributed by atoms with E-state index in [0.717, 1.165) is 25.9 Å². The summed E-state index contributed by atoms with van der Waals surface area (Å²) in [6, 6.07) is 2.92. The second-order valence-corrected chi connectivity index (χ2v) is 7.96. The number of rotatable bonds is 7. The first kappa shape index (κ1) is 20.4. The Hall–Kier alpha value is -1.89. The van der Waals surface area contributed by atoms with Gasteiger partial charge < -0.3 is 15.5 Å². The van der Waals surface area contributed by atoms with Crippen LogP contribution < -0.4 is 10.6 Å². The van der Waals surface area contributed by atoms with Crippen LogP contribution in [-0.4, -0.2) is 48.3 Å². The molecule has 0 radical (unpaired) electrons. The van der Waals surface area contributed by atoms with Gasteiger partial charge in [0.05, 0.1) is 4.88 Å². The molecule has 1 aromatic rings. The van der Waals surface area contributed by atoms with E-state index in [9.17, 15) is 14.4 Å². The fourth-order valence-electron chi connectivity index (χ4n) is 3.04. The average molecular weight is 380 g/mol. The number of nitrogens with one attached hydrogen (secondary N) is 2. The Bertz CT molecular complexity index is 593. The van der Waals surface area contributed by atoms with Crippen molar-refractivity contribution in [1.29, 1.82) is 0 Å². The Balaban J connectivity index is 1.79. The first-order chi connectivity index (χ1) is 12.5. The van der Waals surface area contributed by atoms with Gasteiger partial charge in [-0.05, 0) is 30.2 Å². The highest BCUT2D eigenvalue weighted by Crippen LogP contribution is 2.11. The summed E-state index contributed by atoms with van der Waals surface area (Å²) in [5.41, 5.74) is 0. The molecule has 1 saturated heterocycles. The number of likely N-dealkylation sites (tertiary alicyclic amines) is 1. The largest absolute Gasteiger partial charge is 0.354 e. The molecular formula is C19H29N3O3S. The number of carbonyl (C=O) groups excluding carboxylic acids is 3. The number of nitrogens with zero attached hydrogens (tertiary/aromatic N) is 1. The van der Waals surface area contributed by atoms with Crippen molar-refractivity contribution in [1.82, 2.24) is 15.5 Å². The highest BCUT2D eigenvalue weighted by molar-refractivity contribution is 7.12. The summed E-state index contributed by atoms with van der Waals surface area (Å²) in [5.74, 6) is -0.431. The van der Waals surface area contributed by atoms with Crippen molar-refractivity contribution >= 4 is 29.1 Å². The Morgan fingerprint density at radius 3 is 2.42 bits per heavy atom. The zero-order chi connectivity index (χ0) is 18.9. The second kappa shape index (κ2) is 10.3. The second-order valence-electron chi connectivity index (χ2n) is 7.01. The molecule has 0 saturated carbocycles. The first-order valence-corrected chi connectivity index (χ1v) is 10.3. The Morgan fingerprint density at radius 2 is 1.85 bits per heavy atom. The van der Waals surface area contributed by atoms with E-state index in [1.54, 1.807) is 12.1 Å². The van der Waals surface area contributed by atoms with Crippen molar-refractivity contribution in [3.05, 3.63) is 22.4 Å². The molecule has 7 heteroatoms. The van der Waals surface area contributed by atoms with Gasteiger partial charge in [-0.15, -0.1) is 11.3 Å². The minimum atomic E-state index is -0.613. The Kier molecular flexibility index (Phi) is 8.09. The molecule has 2 heterocycles. The van der Waals surface area contributed by atoms with Crippen LogP contribution in [0.1, 0.15) is 55.6 Å². The summed E-state index contributed by atoms with van der Waals surface area (Å²) in [5, 5.41) is 7.42. The lowest BCUT2D eigenvalue weighted by atomic mass is 10.0. The fraction of sp³-hybridized carbons (Fsp3) is 0.632. The number of amides is 3. The quantitative estimate of drug-likeness (QED) is 0.764. The molecule has 2 N–H and O–H groups in total. The maximum atomic E-state index is 12.5. The molecule has 1 unspecified atom stereocenters. The SMILES string of the molecule is CC(C)C(NC(=O)c1cccs1)C(=O)NCCC(=O)N1CCCCCC1. The predicted molar refractivity (Wildman–Crippen MR) is 103 cm³/mol. The van der Waals surface area contributed by atoms with Crippen LogP contribution in [0.4, 0.5) is 0 Å². The average Bonchev–Trinajstić information content (AvgIpc) is 3.01. The van der Waals surface area contributed by atoms with E-state index in [1.807, 2.05) is 24.1 Å². The van der Waals surface area contributed by atoms with E-state index in [4.69, 9.17) is 0 Å². The molecule has 0 bridgehead atoms. The van der Waals surface area contributed by atoms with Crippen LogP contribution in [0, 0.1) is 5.92 Å². The molecular weight excluding hydrogens is 350 g/mol. The molecule has 0 aromatic carbocycles. The van der Waals surface area contributed by atoms with Crippen LogP contribution in [0.15, 0.2) is 17.5 Å². The van der Waals surface area contributed by atoms with Gasteiger partial charge in [0.15, 0.2) is 0 Å². The summed E-state index contributed by atoms with van der Waals surface area (Å²) in [6.45, 7) is 5.71. The molecule has 144 valence electrons. The van der Waals surface area contributed by atoms with Gasteiger partial charge in [-0.1, -0.05) is 32.8 Å². The van der Waals surface area contributed by atoms with Gasteiger partial charge in [-0.3, -0.25) is 14.4 Å². The third kappa shape index (κ3) is 6.12. The zero-order valence-corrected chi connectivity index (χ0v) is 16.4. The van der Waals surface area contributed by atoms with E-state index < -0.39 is 6.04 Å². The molecule has 6 nitrogen and oxygen atoms in total. The van der Waals surface area contributed by atoms with Gasteiger partial charge in [0.1, 0.15) is 6.04 Å². The van der Waals surface area contributed by atoms with Crippen molar-refractivity contribution in [2.24, 2.45) is 5.92 Å². The molecule has 1 aromatic heterocycles. The molecule has 2 rings (SSSR count). The van der Waals surface area contributed by atoms with Crippen LogP contribution >= 0.6 is 11.3 Å². The molecule has 1 fully saturated rings. The number of hydrogen-bond donors (Lipinski definition) is 2. The summed E-state index contributed by atoms with van der Waals surface area (Å²) in [7, 11) is 0. The smallest absolute Gasteiger partial charge is 0.262 e. The number of carbonyl (C=O) groups is 3. The van der Waals surface area contributed by atoms with E-state index in [0.29, 0.717) is 17.8 Å². The van der Waals surface area contributed by atoms with Crippen molar-refractivity contribution in [3.8, 4) is 0 Å². The lowest BCUT2D eigenvalue weighted by Crippen LogP contribution is -2.50. The van der Waals surface area contributed by atoms with Gasteiger partial charge in [0, 0.05) is 26.1 Å². The minimum Gasteiger partial charge on any atom is -0.354 e. The van der Waals surface area contributed by atoms with Gasteiger partial charge >= 0.3 is 0 Å². The van der Waals surface area contributed by atoms with Crippen LogP contribution in [0.3, 0.4) is 0 Å². The van der Waals surface area contributed by atoms with Crippen molar-refractivity contribution < 1.29 is 14.4 Å². The normalized spacial score (nSPS) is 16.0. The fourth-order valence-corrected chi connectivity index (χ4v) is 3.66. The Morgan fingerprint density at radius 1 is 1.15 bits per heavy atom. The maximum Gasteiger partial charge on any atom is 0.262 e. The highest BCUT2D eigenvalue weighted by Gasteiger charge is 2.25. The molecule has 1 aliphatic rings. The molecule has 1 atom stereocenters. The summed E-state index contributed by atoms with van der Waals surface area (Å²) in [6.07, 6.45) is 4.78. The maximum absolute atomic E-state index is 12.5. The zero-order valence-electron chi connectivity index (χ0n) is 15.6. The molecule has 0 aliphatic carbocycles. The van der Waals surface area contributed by atoms with Crippen LogP contribution in [0.2, 0.25) is 0 Å². The summed E-state index contributed by atoms with van der Waals surface area (Å²) < 4.78 is 0. The van der Waals surface area contributed by atoms with Crippen LogP contribution in [0.5, 0.6) is 0 Å². The molecule has 26 heavy (non-hydrogen) atoms. The van der Waals surface area contributed by atoms with E-state index in [-0.39, 0.29) is 23.6 Å². The standard InChI is InChI=1S/C19H29N3O3S/c1-14(2)17(21-18(24)15-8-7-13-26-15)19(25)20-10-9-16(23)22-11-5-3-4-6-12-22/h7-8,13-14,17H,3-6,9-12H2,1-2H3,(H,20,25)(H,21,24). The van der Waals surface area contributed by atoms with Gasteiger partial charge in [-0.25, -0.2) is 0 Å². The molecule has 1 aliphatic heterocycles. The Labute approximate surface area is 159 Å². The van der Waals surface area contributed by atoms with Crippen LogP contribution in [0.25, 0.3) is 0 Å². The predicted octanol–water partition coefficient (Wildman–Crippen LogP) is 2.41. The third-order valence-corrected chi connectivity index (χ3v) is 5.45. The van der Waals surface area contributed by atoms with E-state index >= 15 is 0 Å². The minimum absolute atomic E-state index is 0.0415. The highest BCUT2D eigenvalue weighted by atomic mass is 32.1. The molecule has 3 amide bonds. The van der Waals surface area contributed by atoms with Gasteiger partial charge in [0.2, 0.25) is 11.8 Å². The van der Waals surface area contributed by atoms with Crippen molar-refractivity contribution in [2.75, 3.05) is 19.6 Å². The molecule has 0 spiro atoms.